The van der Waals surface area contributed by atoms with E-state index in [2.05, 4.69) is 37.1 Å². The van der Waals surface area contributed by atoms with Crippen LogP contribution in [0.3, 0.4) is 0 Å². The molecule has 0 atom stereocenters. The summed E-state index contributed by atoms with van der Waals surface area (Å²) in [7, 11) is 6.11. The predicted octanol–water partition coefficient (Wildman–Crippen LogP) is -0.705. The summed E-state index contributed by atoms with van der Waals surface area (Å²) >= 11 is 0. The molecule has 1 amide bonds. The zero-order valence-corrected chi connectivity index (χ0v) is 14.8. The number of likely N-dealkylation sites (N-methyl/N-ethyl adjacent to an activating group) is 2. The predicted molar refractivity (Wildman–Crippen MR) is 84.5 cm³/mol. The Balaban J connectivity index is 0.00000400. The van der Waals surface area contributed by atoms with Gasteiger partial charge in [-0.15, -0.1) is 0 Å². The van der Waals surface area contributed by atoms with Crippen LogP contribution in [0.25, 0.3) is 0 Å². The molecule has 5 heteroatoms. The SMILES string of the molecule is CCN(C(=O)C[N+](C)(C)C)N(CC)c1cccc(C)c1.[Cl-]. The third kappa shape index (κ3) is 5.94. The van der Waals surface area contributed by atoms with Gasteiger partial charge in [0.25, 0.3) is 5.91 Å². The number of nitrogens with zero attached hydrogens (tertiary/aromatic N) is 3. The number of anilines is 1. The van der Waals surface area contributed by atoms with Crippen LogP contribution in [0.1, 0.15) is 19.4 Å². The summed E-state index contributed by atoms with van der Waals surface area (Å²) in [5, 5.41) is 3.91. The minimum atomic E-state index is 0. The average molecular weight is 314 g/mol. The first-order valence-electron chi connectivity index (χ1n) is 7.23. The second kappa shape index (κ2) is 8.25. The van der Waals surface area contributed by atoms with Gasteiger partial charge in [-0.25, -0.2) is 5.01 Å². The maximum absolute atomic E-state index is 12.5. The Morgan fingerprint density at radius 1 is 1.14 bits per heavy atom. The monoisotopic (exact) mass is 313 g/mol. The van der Waals surface area contributed by atoms with Crippen LogP contribution < -0.4 is 17.4 Å². The van der Waals surface area contributed by atoms with E-state index in [9.17, 15) is 4.79 Å². The molecule has 0 radical (unpaired) electrons. The van der Waals surface area contributed by atoms with Gasteiger partial charge < -0.3 is 16.9 Å². The highest BCUT2D eigenvalue weighted by Gasteiger charge is 2.24. The van der Waals surface area contributed by atoms with Crippen molar-refractivity contribution in [2.45, 2.75) is 20.8 Å². The summed E-state index contributed by atoms with van der Waals surface area (Å²) in [5.41, 5.74) is 2.28. The molecular formula is C16H28ClN3O. The van der Waals surface area contributed by atoms with E-state index < -0.39 is 0 Å². The summed E-state index contributed by atoms with van der Waals surface area (Å²) in [6, 6.07) is 8.27. The minimum absolute atomic E-state index is 0. The van der Waals surface area contributed by atoms with E-state index in [4.69, 9.17) is 0 Å². The molecule has 0 spiro atoms. The number of carbonyl (C=O) groups is 1. The fraction of sp³-hybridized carbons (Fsp3) is 0.562. The van der Waals surface area contributed by atoms with Gasteiger partial charge in [-0.1, -0.05) is 12.1 Å². The molecule has 0 saturated carbocycles. The molecule has 120 valence electrons. The zero-order valence-electron chi connectivity index (χ0n) is 14.1. The molecule has 0 heterocycles. The number of hydrogen-bond donors (Lipinski definition) is 0. The van der Waals surface area contributed by atoms with Gasteiger partial charge in [0.1, 0.15) is 0 Å². The molecule has 0 aliphatic rings. The van der Waals surface area contributed by atoms with Crippen molar-refractivity contribution in [1.82, 2.24) is 5.01 Å². The lowest BCUT2D eigenvalue weighted by atomic mass is 10.2. The van der Waals surface area contributed by atoms with Crippen LogP contribution in [0.2, 0.25) is 0 Å². The van der Waals surface area contributed by atoms with E-state index >= 15 is 0 Å². The minimum Gasteiger partial charge on any atom is -1.00 e. The van der Waals surface area contributed by atoms with Crippen molar-refractivity contribution in [3.8, 4) is 0 Å². The van der Waals surface area contributed by atoms with Crippen molar-refractivity contribution >= 4 is 11.6 Å². The van der Waals surface area contributed by atoms with Gasteiger partial charge in [0.2, 0.25) is 0 Å². The smallest absolute Gasteiger partial charge is 0.296 e. The van der Waals surface area contributed by atoms with Crippen LogP contribution in [0, 0.1) is 6.92 Å². The van der Waals surface area contributed by atoms with E-state index in [1.54, 1.807) is 0 Å². The van der Waals surface area contributed by atoms with Gasteiger partial charge in [-0.3, -0.25) is 9.80 Å². The van der Waals surface area contributed by atoms with Crippen molar-refractivity contribution in [3.05, 3.63) is 29.8 Å². The molecular weight excluding hydrogens is 286 g/mol. The van der Waals surface area contributed by atoms with Crippen molar-refractivity contribution in [2.75, 3.05) is 45.8 Å². The highest BCUT2D eigenvalue weighted by Crippen LogP contribution is 2.18. The number of hydrogen-bond acceptors (Lipinski definition) is 2. The number of hydrazine groups is 1. The number of aryl methyl sites for hydroxylation is 1. The van der Waals surface area contributed by atoms with Crippen molar-refractivity contribution in [1.29, 1.82) is 0 Å². The Morgan fingerprint density at radius 2 is 1.76 bits per heavy atom. The van der Waals surface area contributed by atoms with E-state index in [1.165, 1.54) is 5.56 Å². The molecule has 0 aromatic heterocycles. The van der Waals surface area contributed by atoms with Gasteiger partial charge in [0.15, 0.2) is 6.54 Å². The van der Waals surface area contributed by atoms with Gasteiger partial charge in [0.05, 0.1) is 26.8 Å². The normalized spacial score (nSPS) is 10.8. The van der Waals surface area contributed by atoms with Crippen LogP contribution in [-0.2, 0) is 4.79 Å². The summed E-state index contributed by atoms with van der Waals surface area (Å²) in [5.74, 6) is 0.156. The number of rotatable bonds is 6. The molecule has 0 fully saturated rings. The summed E-state index contributed by atoms with van der Waals surface area (Å²) in [6.45, 7) is 8.12. The maximum Gasteiger partial charge on any atom is 0.296 e. The highest BCUT2D eigenvalue weighted by atomic mass is 35.5. The Bertz CT molecular complexity index is 457. The third-order valence-electron chi connectivity index (χ3n) is 3.09. The number of benzene rings is 1. The second-order valence-corrected chi connectivity index (χ2v) is 6.11. The average Bonchev–Trinajstić information content (AvgIpc) is 2.33. The molecule has 1 aromatic rings. The molecule has 1 rings (SSSR count). The fourth-order valence-corrected chi connectivity index (χ4v) is 2.25. The highest BCUT2D eigenvalue weighted by molar-refractivity contribution is 5.79. The topological polar surface area (TPSA) is 23.6 Å². The largest absolute Gasteiger partial charge is 1.00 e. The van der Waals surface area contributed by atoms with Crippen LogP contribution in [0.4, 0.5) is 5.69 Å². The lowest BCUT2D eigenvalue weighted by Crippen LogP contribution is -3.00. The third-order valence-corrected chi connectivity index (χ3v) is 3.09. The van der Waals surface area contributed by atoms with Crippen LogP contribution in [0.5, 0.6) is 0 Å². The van der Waals surface area contributed by atoms with E-state index in [0.717, 1.165) is 12.2 Å². The van der Waals surface area contributed by atoms with Gasteiger partial charge in [-0.05, 0) is 38.5 Å². The molecule has 0 aliphatic heterocycles. The van der Waals surface area contributed by atoms with Gasteiger partial charge in [0, 0.05) is 13.1 Å². The van der Waals surface area contributed by atoms with E-state index in [0.29, 0.717) is 17.6 Å². The molecule has 4 nitrogen and oxygen atoms in total. The van der Waals surface area contributed by atoms with Crippen molar-refractivity contribution in [3.63, 3.8) is 0 Å². The standard InChI is InChI=1S/C16H28N3O.ClH/c1-7-17(15-11-9-10-14(3)12-15)18(8-2)16(20)13-19(4,5)6;/h9-12H,7-8,13H2,1-6H3;1H/q+1;/p-1. The zero-order chi connectivity index (χ0) is 15.3. The molecule has 1 aromatic carbocycles. The first kappa shape index (κ1) is 19.7. The number of amides is 1. The van der Waals surface area contributed by atoms with Gasteiger partial charge in [-0.2, -0.15) is 0 Å². The van der Waals surface area contributed by atoms with Crippen LogP contribution in [0.15, 0.2) is 24.3 Å². The molecule has 0 saturated heterocycles. The van der Waals surface area contributed by atoms with Crippen LogP contribution in [-0.4, -0.2) is 56.2 Å². The Morgan fingerprint density at radius 3 is 2.19 bits per heavy atom. The Kier molecular flexibility index (Phi) is 7.75. The first-order valence-corrected chi connectivity index (χ1v) is 7.23. The quantitative estimate of drug-likeness (QED) is 0.512. The lowest BCUT2D eigenvalue weighted by molar-refractivity contribution is -0.862. The van der Waals surface area contributed by atoms with Crippen molar-refractivity contribution in [2.24, 2.45) is 0 Å². The number of halogens is 1. The van der Waals surface area contributed by atoms with Gasteiger partial charge >= 0.3 is 0 Å². The fourth-order valence-electron chi connectivity index (χ4n) is 2.25. The lowest BCUT2D eigenvalue weighted by Gasteiger charge is -2.37. The molecule has 0 unspecified atom stereocenters. The summed E-state index contributed by atoms with van der Waals surface area (Å²) in [4.78, 5) is 12.5. The molecule has 0 N–H and O–H groups in total. The number of quaternary nitrogens is 1. The first-order chi connectivity index (χ1) is 9.28. The Hall–Kier alpha value is -1.26. The summed E-state index contributed by atoms with van der Waals surface area (Å²) in [6.07, 6.45) is 0. The van der Waals surface area contributed by atoms with E-state index in [-0.39, 0.29) is 18.3 Å². The number of carbonyl (C=O) groups excluding carboxylic acids is 1. The second-order valence-electron chi connectivity index (χ2n) is 6.11. The molecule has 0 bridgehead atoms. The van der Waals surface area contributed by atoms with E-state index in [1.807, 2.05) is 39.1 Å². The van der Waals surface area contributed by atoms with Crippen molar-refractivity contribution < 1.29 is 21.7 Å². The molecule has 0 aliphatic carbocycles. The van der Waals surface area contributed by atoms with Crippen LogP contribution >= 0.6 is 0 Å². The maximum atomic E-state index is 12.5. The summed E-state index contributed by atoms with van der Waals surface area (Å²) < 4.78 is 0.640. The molecule has 21 heavy (non-hydrogen) atoms. The Labute approximate surface area is 135 Å².